The van der Waals surface area contributed by atoms with Crippen LogP contribution in [0, 0.1) is 0 Å². The Morgan fingerprint density at radius 1 is 0.348 bits per heavy atom. The molecule has 12 rings (SSSR count). The molecule has 0 bridgehead atoms. The number of para-hydroxylation sites is 4. The molecule has 0 spiro atoms. The largest absolute Gasteiger partial charge is 0.309 e. The monoisotopic (exact) mass is 842 g/mol. The second-order valence-corrected chi connectivity index (χ2v) is 17.1. The molecule has 312 valence electrons. The van der Waals surface area contributed by atoms with Crippen LogP contribution in [-0.4, -0.2) is 4.57 Å². The van der Waals surface area contributed by atoms with Crippen LogP contribution in [0.3, 0.4) is 0 Å². The molecule has 11 aromatic rings. The first-order valence-corrected chi connectivity index (χ1v) is 23.0. The second kappa shape index (κ2) is 16.9. The van der Waals surface area contributed by atoms with E-state index in [0.29, 0.717) is 0 Å². The molecule has 1 heterocycles. The van der Waals surface area contributed by atoms with Gasteiger partial charge in [-0.25, -0.2) is 0 Å². The number of fused-ring (bicyclic) bond motifs is 4. The van der Waals surface area contributed by atoms with E-state index in [1.54, 1.807) is 0 Å². The van der Waals surface area contributed by atoms with Gasteiger partial charge < -0.3 is 9.47 Å². The number of rotatable bonds is 9. The molecule has 2 nitrogen and oxygen atoms in total. The van der Waals surface area contributed by atoms with Crippen LogP contribution in [0.5, 0.6) is 0 Å². The van der Waals surface area contributed by atoms with Crippen molar-refractivity contribution in [1.29, 1.82) is 0 Å². The Labute approximate surface area is 386 Å². The Bertz CT molecular complexity index is 3700. The maximum atomic E-state index is 2.54. The first-order valence-electron chi connectivity index (χ1n) is 23.0. The fourth-order valence-corrected chi connectivity index (χ4v) is 10.4. The Hall–Kier alpha value is -8.46. The van der Waals surface area contributed by atoms with Gasteiger partial charge in [0.25, 0.3) is 0 Å². The van der Waals surface area contributed by atoms with Gasteiger partial charge >= 0.3 is 0 Å². The van der Waals surface area contributed by atoms with Crippen molar-refractivity contribution in [2.75, 3.05) is 4.90 Å². The van der Waals surface area contributed by atoms with Gasteiger partial charge in [-0.05, 0) is 116 Å². The van der Waals surface area contributed by atoms with E-state index in [9.17, 15) is 0 Å². The van der Waals surface area contributed by atoms with Gasteiger partial charge in [-0.2, -0.15) is 0 Å². The minimum atomic E-state index is 0.937. The fraction of sp³-hybridized carbons (Fsp3) is 0.0312. The molecule has 10 aromatic carbocycles. The third kappa shape index (κ3) is 6.83. The summed E-state index contributed by atoms with van der Waals surface area (Å²) >= 11 is 0. The smallest absolute Gasteiger partial charge is 0.0542 e. The zero-order valence-corrected chi connectivity index (χ0v) is 36.6. The maximum absolute atomic E-state index is 2.54. The van der Waals surface area contributed by atoms with Crippen molar-refractivity contribution >= 4 is 50.5 Å². The topological polar surface area (TPSA) is 8.17 Å². The molecular weight excluding hydrogens is 797 g/mol. The molecule has 0 radical (unpaired) electrons. The van der Waals surface area contributed by atoms with E-state index in [4.69, 9.17) is 0 Å². The highest BCUT2D eigenvalue weighted by Gasteiger charge is 2.25. The van der Waals surface area contributed by atoms with E-state index >= 15 is 0 Å². The van der Waals surface area contributed by atoms with E-state index in [1.807, 2.05) is 0 Å². The van der Waals surface area contributed by atoms with Gasteiger partial charge in [0.15, 0.2) is 0 Å². The Balaban J connectivity index is 1.14. The average Bonchev–Trinajstić information content (AvgIpc) is 3.73. The molecule has 0 N–H and O–H groups in total. The summed E-state index contributed by atoms with van der Waals surface area (Å²) in [5.74, 6) is 0. The van der Waals surface area contributed by atoms with Gasteiger partial charge in [0.05, 0.1) is 22.4 Å². The lowest BCUT2D eigenvalue weighted by Gasteiger charge is -2.31. The fourth-order valence-electron chi connectivity index (χ4n) is 10.4. The summed E-state index contributed by atoms with van der Waals surface area (Å²) in [4.78, 5) is 2.54. The van der Waals surface area contributed by atoms with Crippen LogP contribution in [0.15, 0.2) is 249 Å². The van der Waals surface area contributed by atoms with E-state index < -0.39 is 0 Å². The standard InChI is InChI=1S/C64H46N2/c1-4-22-45(23-5-1)50-30-10-11-31-52(50)53-32-12-13-33-54(53)55-34-14-17-39-60(55)66(49-42-43-63-59(44-49)57-36-16-19-41-62(57)65(63)48-28-8-3-9-29-48)61-40-18-15-35-56(61)58-38-21-27-47-26-20-37-51(64(47)58)46-24-6-2-7-25-46/h1-20,22-37,39-44H,21,38H2. The minimum Gasteiger partial charge on any atom is -0.309 e. The van der Waals surface area contributed by atoms with Crippen molar-refractivity contribution in [3.8, 4) is 50.2 Å². The maximum Gasteiger partial charge on any atom is 0.0542 e. The number of hydrogen-bond acceptors (Lipinski definition) is 1. The molecular formula is C64H46N2. The quantitative estimate of drug-likeness (QED) is 0.141. The summed E-state index contributed by atoms with van der Waals surface area (Å²) in [6.45, 7) is 0. The molecule has 0 amide bonds. The molecule has 0 unspecified atom stereocenters. The van der Waals surface area contributed by atoms with Gasteiger partial charge in [-0.15, -0.1) is 0 Å². The van der Waals surface area contributed by atoms with E-state index in [0.717, 1.165) is 41.2 Å². The van der Waals surface area contributed by atoms with Crippen molar-refractivity contribution in [3.63, 3.8) is 0 Å². The van der Waals surface area contributed by atoms with Crippen LogP contribution < -0.4 is 15.3 Å². The summed E-state index contributed by atoms with van der Waals surface area (Å²) in [6, 6.07) is 90.9. The summed E-state index contributed by atoms with van der Waals surface area (Å²) < 4.78 is 2.40. The Morgan fingerprint density at radius 3 is 1.56 bits per heavy atom. The third-order valence-corrected chi connectivity index (χ3v) is 13.3. The Kier molecular flexibility index (Phi) is 10.0. The van der Waals surface area contributed by atoms with Gasteiger partial charge in [0.1, 0.15) is 0 Å². The summed E-state index contributed by atoms with van der Waals surface area (Å²) in [7, 11) is 0. The summed E-state index contributed by atoms with van der Waals surface area (Å²) in [5.41, 5.74) is 19.1. The Morgan fingerprint density at radius 2 is 0.848 bits per heavy atom. The van der Waals surface area contributed by atoms with Crippen molar-refractivity contribution in [3.05, 3.63) is 265 Å². The van der Waals surface area contributed by atoms with Gasteiger partial charge in [0.2, 0.25) is 0 Å². The average molecular weight is 843 g/mol. The number of benzene rings is 10. The van der Waals surface area contributed by atoms with Gasteiger partial charge in [-0.3, -0.25) is 0 Å². The van der Waals surface area contributed by atoms with Gasteiger partial charge in [-0.1, -0.05) is 206 Å². The second-order valence-electron chi connectivity index (χ2n) is 17.1. The molecule has 1 aliphatic rings. The first-order chi connectivity index (χ1) is 32.8. The third-order valence-electron chi connectivity index (χ3n) is 13.3. The summed E-state index contributed by atoms with van der Waals surface area (Å²) in [6.07, 6.45) is 4.33. The van der Waals surface area contributed by atoms with Gasteiger partial charge in [0, 0.05) is 33.3 Å². The molecule has 0 fully saturated rings. The lowest BCUT2D eigenvalue weighted by Crippen LogP contribution is -2.32. The van der Waals surface area contributed by atoms with E-state index in [-0.39, 0.29) is 0 Å². The highest BCUT2D eigenvalue weighted by molar-refractivity contribution is 6.11. The molecule has 0 atom stereocenters. The van der Waals surface area contributed by atoms with Crippen LogP contribution >= 0.6 is 0 Å². The molecule has 1 aromatic heterocycles. The van der Waals surface area contributed by atoms with Crippen LogP contribution in [-0.2, 0) is 0 Å². The SMILES string of the molecule is C1=c2cccc(-c3ccccc3)c2=C(c2ccccc2N(c2ccc3c(c2)c2ccccc2n3-c2ccccc2)c2ccccc2-c2ccccc2-c2ccccc2-c2ccccc2)CC1. The molecule has 0 saturated carbocycles. The van der Waals surface area contributed by atoms with Crippen LogP contribution in [0.25, 0.3) is 83.6 Å². The molecule has 2 heteroatoms. The highest BCUT2D eigenvalue weighted by atomic mass is 15.1. The van der Waals surface area contributed by atoms with E-state index in [1.165, 1.54) is 82.3 Å². The van der Waals surface area contributed by atoms with Crippen molar-refractivity contribution in [1.82, 2.24) is 4.57 Å². The first kappa shape index (κ1) is 39.2. The normalized spacial score (nSPS) is 12.2. The molecule has 1 aliphatic carbocycles. The predicted octanol–water partition coefficient (Wildman–Crippen LogP) is 15.7. The molecule has 0 aliphatic heterocycles. The van der Waals surface area contributed by atoms with Crippen molar-refractivity contribution in [2.24, 2.45) is 0 Å². The highest BCUT2D eigenvalue weighted by Crippen LogP contribution is 2.48. The number of hydrogen-bond donors (Lipinski definition) is 0. The van der Waals surface area contributed by atoms with E-state index in [2.05, 4.69) is 264 Å². The van der Waals surface area contributed by atoms with Crippen LogP contribution in [0.1, 0.15) is 18.4 Å². The molecule has 66 heavy (non-hydrogen) atoms. The zero-order valence-electron chi connectivity index (χ0n) is 36.6. The van der Waals surface area contributed by atoms with Crippen molar-refractivity contribution in [2.45, 2.75) is 12.8 Å². The van der Waals surface area contributed by atoms with Crippen molar-refractivity contribution < 1.29 is 0 Å². The van der Waals surface area contributed by atoms with Crippen LogP contribution in [0.4, 0.5) is 17.1 Å². The number of aromatic nitrogens is 1. The lowest BCUT2D eigenvalue weighted by atomic mass is 9.87. The predicted molar refractivity (Wildman–Crippen MR) is 279 cm³/mol. The minimum absolute atomic E-state index is 0.937. The number of anilines is 3. The zero-order chi connectivity index (χ0) is 43.8. The lowest BCUT2D eigenvalue weighted by molar-refractivity contribution is 1.07. The molecule has 0 saturated heterocycles. The summed E-state index contributed by atoms with van der Waals surface area (Å²) in [5, 5.41) is 5.04. The number of nitrogens with zero attached hydrogens (tertiary/aromatic N) is 2. The van der Waals surface area contributed by atoms with Crippen LogP contribution in [0.2, 0.25) is 0 Å².